The van der Waals surface area contributed by atoms with Crippen molar-refractivity contribution in [2.45, 2.75) is 19.7 Å². The molecule has 1 aliphatic heterocycles. The molecule has 2 N–H and O–H groups in total. The number of halogens is 1. The van der Waals surface area contributed by atoms with E-state index in [1.54, 1.807) is 22.3 Å². The Kier molecular flexibility index (Phi) is 8.19. The number of ether oxygens (including phenoxy) is 1. The van der Waals surface area contributed by atoms with Gasteiger partial charge >= 0.3 is 6.09 Å². The first-order chi connectivity index (χ1) is 19.0. The number of aromatic nitrogens is 3. The lowest BCUT2D eigenvalue weighted by Gasteiger charge is -2.34. The fourth-order valence-electron chi connectivity index (χ4n) is 4.56. The van der Waals surface area contributed by atoms with Crippen molar-refractivity contribution in [3.05, 3.63) is 95.5 Å². The zero-order valence-corrected chi connectivity index (χ0v) is 22.1. The molecule has 2 amide bonds. The number of rotatable bonds is 7. The predicted octanol–water partition coefficient (Wildman–Crippen LogP) is 4.21. The maximum atomic E-state index is 13.3. The van der Waals surface area contributed by atoms with Crippen molar-refractivity contribution in [1.82, 2.24) is 24.3 Å². The zero-order chi connectivity index (χ0) is 27.2. The molecule has 9 nitrogen and oxygen atoms in total. The Bertz CT molecular complexity index is 1430. The summed E-state index contributed by atoms with van der Waals surface area (Å²) >= 11 is 6.10. The third-order valence-electron chi connectivity index (χ3n) is 6.66. The summed E-state index contributed by atoms with van der Waals surface area (Å²) < 4.78 is 7.29. The standard InChI is InChI=1S/C29H29ClN6O3/c30-24-8-6-22(7-9-24)27-28(23-10-11-32-25(16-23)17-31)36(20-33-27)18-26(37)34-12-14-35(15-13-34)29(38)39-19-21-4-2-1-3-5-21/h1-11,16,20H,12-15,17-19,31H2. The lowest BCUT2D eigenvalue weighted by molar-refractivity contribution is -0.133. The monoisotopic (exact) mass is 544 g/mol. The minimum Gasteiger partial charge on any atom is -0.445 e. The van der Waals surface area contributed by atoms with Crippen LogP contribution < -0.4 is 5.73 Å². The molecule has 5 rings (SSSR count). The number of benzene rings is 2. The van der Waals surface area contributed by atoms with E-state index < -0.39 is 0 Å². The number of amides is 2. The molecule has 0 aliphatic carbocycles. The number of imidazole rings is 1. The molecule has 0 spiro atoms. The van der Waals surface area contributed by atoms with Crippen molar-refractivity contribution in [2.75, 3.05) is 26.2 Å². The highest BCUT2D eigenvalue weighted by atomic mass is 35.5. The molecule has 10 heteroatoms. The number of nitrogens with zero attached hydrogens (tertiary/aromatic N) is 5. The number of piperazine rings is 1. The molecule has 2 aromatic carbocycles. The van der Waals surface area contributed by atoms with Crippen LogP contribution >= 0.6 is 11.6 Å². The average Bonchev–Trinajstić information content (AvgIpc) is 3.40. The smallest absolute Gasteiger partial charge is 0.410 e. The molecule has 1 saturated heterocycles. The SMILES string of the molecule is NCc1cc(-c2c(-c3ccc(Cl)cc3)ncn2CC(=O)N2CCN(C(=O)OCc3ccccc3)CC2)ccn1. The van der Waals surface area contributed by atoms with Crippen molar-refractivity contribution < 1.29 is 14.3 Å². The van der Waals surface area contributed by atoms with Gasteiger partial charge in [-0.2, -0.15) is 0 Å². The third-order valence-corrected chi connectivity index (χ3v) is 6.91. The van der Waals surface area contributed by atoms with Gasteiger partial charge in [-0.05, 0) is 29.8 Å². The van der Waals surface area contributed by atoms with Crippen LogP contribution in [0.3, 0.4) is 0 Å². The molecule has 39 heavy (non-hydrogen) atoms. The van der Waals surface area contributed by atoms with Gasteiger partial charge in [0.05, 0.1) is 23.4 Å². The lowest BCUT2D eigenvalue weighted by Crippen LogP contribution is -2.51. The molecule has 0 saturated carbocycles. The molecular formula is C29H29ClN6O3. The Labute approximate surface area is 231 Å². The summed E-state index contributed by atoms with van der Waals surface area (Å²) in [5.41, 5.74) is 10.8. The van der Waals surface area contributed by atoms with Gasteiger partial charge in [0.25, 0.3) is 0 Å². The van der Waals surface area contributed by atoms with Crippen molar-refractivity contribution in [3.63, 3.8) is 0 Å². The summed E-state index contributed by atoms with van der Waals surface area (Å²) in [5, 5.41) is 0.632. The van der Waals surface area contributed by atoms with Crippen LogP contribution in [-0.4, -0.2) is 62.5 Å². The van der Waals surface area contributed by atoms with E-state index in [1.807, 2.05) is 71.3 Å². The maximum Gasteiger partial charge on any atom is 0.410 e. The topological polar surface area (TPSA) is 107 Å². The van der Waals surface area contributed by atoms with Crippen molar-refractivity contribution in [3.8, 4) is 22.5 Å². The third kappa shape index (κ3) is 6.27. The first kappa shape index (κ1) is 26.4. The molecular weight excluding hydrogens is 516 g/mol. The highest BCUT2D eigenvalue weighted by Gasteiger charge is 2.26. The van der Waals surface area contributed by atoms with Gasteiger partial charge in [-0.3, -0.25) is 9.78 Å². The van der Waals surface area contributed by atoms with Crippen molar-refractivity contribution >= 4 is 23.6 Å². The fraction of sp³-hybridized carbons (Fsp3) is 0.241. The first-order valence-corrected chi connectivity index (χ1v) is 13.1. The number of carbonyl (C=O) groups excluding carboxylic acids is 2. The highest BCUT2D eigenvalue weighted by molar-refractivity contribution is 6.30. The summed E-state index contributed by atoms with van der Waals surface area (Å²) in [6, 6.07) is 20.8. The van der Waals surface area contributed by atoms with Gasteiger partial charge in [-0.15, -0.1) is 0 Å². The molecule has 2 aromatic heterocycles. The molecule has 0 unspecified atom stereocenters. The van der Waals surface area contributed by atoms with Gasteiger partial charge in [-0.25, -0.2) is 9.78 Å². The Morgan fingerprint density at radius 1 is 0.897 bits per heavy atom. The Morgan fingerprint density at radius 3 is 2.33 bits per heavy atom. The van der Waals surface area contributed by atoms with Crippen LogP contribution in [-0.2, 0) is 29.2 Å². The van der Waals surface area contributed by atoms with Crippen molar-refractivity contribution in [1.29, 1.82) is 0 Å². The van der Waals surface area contributed by atoms with E-state index in [-0.39, 0.29) is 25.2 Å². The minimum atomic E-state index is -0.371. The number of hydrogen-bond acceptors (Lipinski definition) is 6. The van der Waals surface area contributed by atoms with Crippen LogP contribution in [0.5, 0.6) is 0 Å². The highest BCUT2D eigenvalue weighted by Crippen LogP contribution is 2.32. The van der Waals surface area contributed by atoms with E-state index in [2.05, 4.69) is 9.97 Å². The Hall–Kier alpha value is -4.21. The summed E-state index contributed by atoms with van der Waals surface area (Å²) in [6.45, 7) is 2.32. The van der Waals surface area contributed by atoms with E-state index in [0.717, 1.165) is 33.8 Å². The van der Waals surface area contributed by atoms with Crippen LogP contribution in [0, 0.1) is 0 Å². The van der Waals surface area contributed by atoms with Gasteiger partial charge in [0, 0.05) is 55.1 Å². The van der Waals surface area contributed by atoms with Gasteiger partial charge < -0.3 is 24.8 Å². The van der Waals surface area contributed by atoms with E-state index in [9.17, 15) is 9.59 Å². The van der Waals surface area contributed by atoms with E-state index in [1.165, 1.54) is 0 Å². The minimum absolute atomic E-state index is 0.0540. The van der Waals surface area contributed by atoms with Gasteiger partial charge in [0.15, 0.2) is 0 Å². The predicted molar refractivity (Wildman–Crippen MR) is 149 cm³/mol. The van der Waals surface area contributed by atoms with Crippen LogP contribution in [0.25, 0.3) is 22.5 Å². The summed E-state index contributed by atoms with van der Waals surface area (Å²) in [6.07, 6.45) is 3.01. The molecule has 0 bridgehead atoms. The molecule has 4 aromatic rings. The second kappa shape index (κ2) is 12.1. The Balaban J connectivity index is 1.28. The molecule has 1 aliphatic rings. The van der Waals surface area contributed by atoms with Gasteiger partial charge in [-0.1, -0.05) is 54.1 Å². The number of carbonyl (C=O) groups is 2. The molecule has 1 fully saturated rings. The number of hydrogen-bond donors (Lipinski definition) is 1. The van der Waals surface area contributed by atoms with Crippen LogP contribution in [0.4, 0.5) is 4.79 Å². The summed E-state index contributed by atoms with van der Waals surface area (Å²) in [5.74, 6) is -0.0540. The lowest BCUT2D eigenvalue weighted by atomic mass is 10.0. The molecule has 0 radical (unpaired) electrons. The quantitative estimate of drug-likeness (QED) is 0.373. The first-order valence-electron chi connectivity index (χ1n) is 12.7. The largest absolute Gasteiger partial charge is 0.445 e. The normalized spacial score (nSPS) is 13.4. The number of nitrogens with two attached hydrogens (primary N) is 1. The molecule has 0 atom stereocenters. The zero-order valence-electron chi connectivity index (χ0n) is 21.4. The van der Waals surface area contributed by atoms with Gasteiger partial charge in [0.2, 0.25) is 5.91 Å². The maximum absolute atomic E-state index is 13.3. The van der Waals surface area contributed by atoms with Crippen LogP contribution in [0.15, 0.2) is 79.3 Å². The molecule has 200 valence electrons. The second-order valence-electron chi connectivity index (χ2n) is 9.22. The van der Waals surface area contributed by atoms with Crippen LogP contribution in [0.1, 0.15) is 11.3 Å². The second-order valence-corrected chi connectivity index (χ2v) is 9.66. The van der Waals surface area contributed by atoms with Crippen molar-refractivity contribution in [2.24, 2.45) is 5.73 Å². The van der Waals surface area contributed by atoms with Crippen LogP contribution in [0.2, 0.25) is 5.02 Å². The van der Waals surface area contributed by atoms with E-state index in [0.29, 0.717) is 37.7 Å². The Morgan fingerprint density at radius 2 is 1.62 bits per heavy atom. The number of pyridine rings is 1. The fourth-order valence-corrected chi connectivity index (χ4v) is 4.68. The molecule has 3 heterocycles. The average molecular weight is 545 g/mol. The summed E-state index contributed by atoms with van der Waals surface area (Å²) in [7, 11) is 0. The van der Waals surface area contributed by atoms with E-state index >= 15 is 0 Å². The van der Waals surface area contributed by atoms with E-state index in [4.69, 9.17) is 22.1 Å². The summed E-state index contributed by atoms with van der Waals surface area (Å²) in [4.78, 5) is 38.2. The van der Waals surface area contributed by atoms with Gasteiger partial charge in [0.1, 0.15) is 13.2 Å².